The van der Waals surface area contributed by atoms with Gasteiger partial charge in [-0.15, -0.1) is 0 Å². The highest BCUT2D eigenvalue weighted by Gasteiger charge is 2.34. The van der Waals surface area contributed by atoms with E-state index in [0.29, 0.717) is 17.8 Å². The lowest BCUT2D eigenvalue weighted by atomic mass is 10.1. The second-order valence-electron chi connectivity index (χ2n) is 8.75. The van der Waals surface area contributed by atoms with E-state index in [1.165, 1.54) is 21.3 Å². The predicted molar refractivity (Wildman–Crippen MR) is 126 cm³/mol. The number of aromatic amines is 1. The van der Waals surface area contributed by atoms with Gasteiger partial charge in [-0.2, -0.15) is 4.31 Å². The van der Waals surface area contributed by atoms with E-state index in [0.717, 1.165) is 31.2 Å². The number of rotatable bonds is 9. The van der Waals surface area contributed by atoms with Crippen LogP contribution >= 0.6 is 0 Å². The maximum Gasteiger partial charge on any atom is 0.276 e. The summed E-state index contributed by atoms with van der Waals surface area (Å²) in [6.45, 7) is 2.03. The number of H-pyrrole nitrogens is 1. The van der Waals surface area contributed by atoms with Crippen molar-refractivity contribution >= 4 is 10.0 Å². The topological polar surface area (TPSA) is 108 Å². The van der Waals surface area contributed by atoms with Gasteiger partial charge < -0.3 is 5.11 Å². The van der Waals surface area contributed by atoms with Crippen molar-refractivity contribution in [2.75, 3.05) is 13.2 Å². The largest absolute Gasteiger partial charge is 0.396 e. The minimum Gasteiger partial charge on any atom is -0.396 e. The molecule has 176 valence electrons. The summed E-state index contributed by atoms with van der Waals surface area (Å²) in [5.41, 5.74) is 1.41. The van der Waals surface area contributed by atoms with Gasteiger partial charge in [-0.25, -0.2) is 18.1 Å². The van der Waals surface area contributed by atoms with Gasteiger partial charge in [0.05, 0.1) is 0 Å². The van der Waals surface area contributed by atoms with Crippen molar-refractivity contribution in [2.45, 2.75) is 50.0 Å². The molecule has 0 amide bonds. The summed E-state index contributed by atoms with van der Waals surface area (Å²) in [4.78, 5) is 17.2. The summed E-state index contributed by atoms with van der Waals surface area (Å²) in [6, 6.07) is 12.7. The molecule has 1 saturated carbocycles. The smallest absolute Gasteiger partial charge is 0.276 e. The second kappa shape index (κ2) is 10.0. The lowest BCUT2D eigenvalue weighted by Crippen LogP contribution is -2.42. The second-order valence-corrected chi connectivity index (χ2v) is 10.6. The van der Waals surface area contributed by atoms with Crippen molar-refractivity contribution in [3.63, 3.8) is 0 Å². The molecule has 1 aromatic carbocycles. The van der Waals surface area contributed by atoms with E-state index >= 15 is 0 Å². The van der Waals surface area contributed by atoms with E-state index in [1.807, 2.05) is 37.3 Å². The number of aromatic nitrogens is 3. The van der Waals surface area contributed by atoms with Crippen molar-refractivity contribution in [1.82, 2.24) is 19.1 Å². The van der Waals surface area contributed by atoms with Crippen LogP contribution < -0.4 is 5.56 Å². The van der Waals surface area contributed by atoms with Gasteiger partial charge in [-0.3, -0.25) is 9.89 Å². The first-order valence-electron chi connectivity index (χ1n) is 11.3. The minimum absolute atomic E-state index is 0.0600. The summed E-state index contributed by atoms with van der Waals surface area (Å²) < 4.78 is 29.7. The van der Waals surface area contributed by atoms with Gasteiger partial charge in [0.1, 0.15) is 4.90 Å². The van der Waals surface area contributed by atoms with Crippen molar-refractivity contribution in [3.8, 4) is 5.82 Å². The lowest BCUT2D eigenvalue weighted by molar-refractivity contribution is 0.196. The van der Waals surface area contributed by atoms with Crippen molar-refractivity contribution in [2.24, 2.45) is 5.92 Å². The van der Waals surface area contributed by atoms with Crippen LogP contribution in [0.25, 0.3) is 5.82 Å². The van der Waals surface area contributed by atoms with Gasteiger partial charge in [-0.1, -0.05) is 50.1 Å². The van der Waals surface area contributed by atoms with Crippen molar-refractivity contribution in [3.05, 3.63) is 76.3 Å². The molecular weight excluding hydrogens is 440 g/mol. The Morgan fingerprint density at radius 2 is 1.91 bits per heavy atom. The molecule has 2 N–H and O–H groups in total. The van der Waals surface area contributed by atoms with Gasteiger partial charge in [0, 0.05) is 43.6 Å². The standard InChI is InChI=1S/C24H30N4O4S/c1-18(17-29)16-27(21-9-5-6-10-21)33(31,32)22-11-12-23(25-15-22)28-24(30)20(14-26-28)13-19-7-3-2-4-8-19/h2-4,7-8,11-12,14-15,18,21,26,29H,5-6,9-10,13,16-17H2,1H3. The Bertz CT molecular complexity index is 1210. The van der Waals surface area contributed by atoms with Gasteiger partial charge in [0.25, 0.3) is 5.56 Å². The Morgan fingerprint density at radius 3 is 2.55 bits per heavy atom. The van der Waals surface area contributed by atoms with E-state index in [-0.39, 0.29) is 35.6 Å². The van der Waals surface area contributed by atoms with Crippen LogP contribution in [0.2, 0.25) is 0 Å². The minimum atomic E-state index is -3.77. The molecule has 1 aliphatic carbocycles. The molecule has 0 bridgehead atoms. The Labute approximate surface area is 193 Å². The zero-order chi connectivity index (χ0) is 23.4. The zero-order valence-electron chi connectivity index (χ0n) is 18.7. The van der Waals surface area contributed by atoms with E-state index in [2.05, 4.69) is 10.1 Å². The van der Waals surface area contributed by atoms with E-state index < -0.39 is 10.0 Å². The molecule has 9 heteroatoms. The summed E-state index contributed by atoms with van der Waals surface area (Å²) in [7, 11) is -3.77. The predicted octanol–water partition coefficient (Wildman–Crippen LogP) is 2.71. The first-order valence-corrected chi connectivity index (χ1v) is 12.8. The average molecular weight is 471 g/mol. The highest BCUT2D eigenvalue weighted by molar-refractivity contribution is 7.89. The fraction of sp³-hybridized carbons (Fsp3) is 0.417. The Balaban J connectivity index is 1.58. The van der Waals surface area contributed by atoms with Crippen LogP contribution in [0.4, 0.5) is 0 Å². The van der Waals surface area contributed by atoms with Crippen molar-refractivity contribution < 1.29 is 13.5 Å². The van der Waals surface area contributed by atoms with Gasteiger partial charge in [0.15, 0.2) is 5.82 Å². The molecular formula is C24H30N4O4S. The van der Waals surface area contributed by atoms with Crippen LogP contribution in [0.3, 0.4) is 0 Å². The quantitative estimate of drug-likeness (QED) is 0.500. The monoisotopic (exact) mass is 470 g/mol. The Kier molecular flexibility index (Phi) is 7.11. The number of pyridine rings is 1. The number of nitrogens with zero attached hydrogens (tertiary/aromatic N) is 3. The number of hydrogen-bond donors (Lipinski definition) is 2. The third-order valence-electron chi connectivity index (χ3n) is 6.17. The van der Waals surface area contributed by atoms with Crippen molar-refractivity contribution in [1.29, 1.82) is 0 Å². The van der Waals surface area contributed by atoms with E-state index in [1.54, 1.807) is 12.3 Å². The summed E-state index contributed by atoms with van der Waals surface area (Å²) in [6.07, 6.45) is 7.11. The number of sulfonamides is 1. The molecule has 0 saturated heterocycles. The Morgan fingerprint density at radius 1 is 1.18 bits per heavy atom. The Hall–Kier alpha value is -2.75. The first-order chi connectivity index (χ1) is 15.9. The van der Waals surface area contributed by atoms with Crippen LogP contribution in [-0.4, -0.2) is 51.8 Å². The van der Waals surface area contributed by atoms with Crippen LogP contribution in [0.5, 0.6) is 0 Å². The van der Waals surface area contributed by atoms with E-state index in [4.69, 9.17) is 0 Å². The highest BCUT2D eigenvalue weighted by Crippen LogP contribution is 2.29. The lowest BCUT2D eigenvalue weighted by Gasteiger charge is -2.30. The molecule has 0 spiro atoms. The number of hydrogen-bond acceptors (Lipinski definition) is 5. The fourth-order valence-electron chi connectivity index (χ4n) is 4.31. The van der Waals surface area contributed by atoms with Gasteiger partial charge >= 0.3 is 0 Å². The van der Waals surface area contributed by atoms with Crippen LogP contribution in [0.15, 0.2) is 64.5 Å². The number of nitrogens with one attached hydrogen (secondary N) is 1. The molecule has 2 aromatic heterocycles. The molecule has 0 aliphatic heterocycles. The maximum atomic E-state index is 13.4. The summed E-state index contributed by atoms with van der Waals surface area (Å²) in [5.74, 6) is 0.169. The van der Waals surface area contributed by atoms with Gasteiger partial charge in [-0.05, 0) is 36.5 Å². The number of benzene rings is 1. The van der Waals surface area contributed by atoms with Crippen LogP contribution in [-0.2, 0) is 16.4 Å². The highest BCUT2D eigenvalue weighted by atomic mass is 32.2. The number of aliphatic hydroxyl groups is 1. The van der Waals surface area contributed by atoms with Crippen LogP contribution in [0.1, 0.15) is 43.7 Å². The maximum absolute atomic E-state index is 13.4. The number of aliphatic hydroxyl groups excluding tert-OH is 1. The molecule has 1 aliphatic rings. The molecule has 8 nitrogen and oxygen atoms in total. The normalized spacial score (nSPS) is 15.8. The zero-order valence-corrected chi connectivity index (χ0v) is 19.5. The van der Waals surface area contributed by atoms with E-state index in [9.17, 15) is 18.3 Å². The third-order valence-corrected chi connectivity index (χ3v) is 8.08. The summed E-state index contributed by atoms with van der Waals surface area (Å²) in [5, 5.41) is 12.4. The molecule has 2 heterocycles. The molecule has 4 rings (SSSR count). The molecule has 1 unspecified atom stereocenters. The average Bonchev–Trinajstić information content (AvgIpc) is 3.48. The molecule has 0 radical (unpaired) electrons. The third kappa shape index (κ3) is 5.10. The SMILES string of the molecule is CC(CO)CN(C1CCCC1)S(=O)(=O)c1ccc(-n2[nH]cc(Cc3ccccc3)c2=O)nc1. The van der Waals surface area contributed by atoms with Crippen LogP contribution in [0, 0.1) is 5.92 Å². The molecule has 3 aromatic rings. The van der Waals surface area contributed by atoms with Gasteiger partial charge in [0.2, 0.25) is 10.0 Å². The first kappa shape index (κ1) is 23.4. The fourth-order valence-corrected chi connectivity index (χ4v) is 6.06. The molecule has 1 fully saturated rings. The molecule has 33 heavy (non-hydrogen) atoms. The molecule has 1 atom stereocenters. The summed E-state index contributed by atoms with van der Waals surface area (Å²) >= 11 is 0.